The largest absolute Gasteiger partial charge is 0.382 e. The second-order valence-corrected chi connectivity index (χ2v) is 5.74. The van der Waals surface area contributed by atoms with E-state index in [-0.39, 0.29) is 5.54 Å². The number of nitrogens with two attached hydrogens (primary N) is 1. The maximum atomic E-state index is 6.18. The van der Waals surface area contributed by atoms with Gasteiger partial charge in [-0.25, -0.2) is 0 Å². The molecule has 0 saturated carbocycles. The summed E-state index contributed by atoms with van der Waals surface area (Å²) in [4.78, 5) is 2.45. The molecule has 0 bridgehead atoms. The summed E-state index contributed by atoms with van der Waals surface area (Å²) in [5.41, 5.74) is 7.27. The van der Waals surface area contributed by atoms with E-state index in [4.69, 9.17) is 10.5 Å². The van der Waals surface area contributed by atoms with Crippen LogP contribution in [0.5, 0.6) is 0 Å². The Morgan fingerprint density at radius 3 is 2.35 bits per heavy atom. The van der Waals surface area contributed by atoms with Crippen molar-refractivity contribution >= 4 is 5.69 Å². The van der Waals surface area contributed by atoms with Crippen LogP contribution in [0.1, 0.15) is 33.6 Å². The van der Waals surface area contributed by atoms with Crippen LogP contribution in [0, 0.1) is 5.92 Å². The zero-order valence-electron chi connectivity index (χ0n) is 13.4. The fraction of sp³-hybridized carbons (Fsp3) is 0.647. The minimum absolute atomic E-state index is 0.148. The number of rotatable bonds is 9. The molecule has 20 heavy (non-hydrogen) atoms. The number of nitrogens with zero attached hydrogens (tertiary/aromatic N) is 1. The van der Waals surface area contributed by atoms with Crippen molar-refractivity contribution in [3.63, 3.8) is 0 Å². The van der Waals surface area contributed by atoms with E-state index in [9.17, 15) is 0 Å². The molecule has 0 saturated heterocycles. The molecule has 1 aromatic rings. The van der Waals surface area contributed by atoms with Gasteiger partial charge in [-0.05, 0) is 24.5 Å². The summed E-state index contributed by atoms with van der Waals surface area (Å²) in [6.45, 7) is 8.94. The molecule has 0 spiro atoms. The van der Waals surface area contributed by atoms with Gasteiger partial charge < -0.3 is 15.4 Å². The summed E-state index contributed by atoms with van der Waals surface area (Å²) in [5, 5.41) is 0. The summed E-state index contributed by atoms with van der Waals surface area (Å²) in [6, 6.07) is 10.6. The van der Waals surface area contributed by atoms with Crippen molar-refractivity contribution in [1.82, 2.24) is 0 Å². The number of methoxy groups -OCH3 is 1. The third kappa shape index (κ3) is 3.74. The zero-order chi connectivity index (χ0) is 15.0. The number of hydrogen-bond acceptors (Lipinski definition) is 3. The highest BCUT2D eigenvalue weighted by Gasteiger charge is 2.38. The van der Waals surface area contributed by atoms with Gasteiger partial charge in [-0.1, -0.05) is 45.4 Å². The number of unbranched alkanes of at least 4 members (excludes halogenated alkanes) is 1. The standard InChI is InChI=1S/C17H30N2O/c1-5-6-12-19(16-10-8-7-9-11-16)17(13-18,14-20-4)15(2)3/h7-11,15H,5-6,12-14,18H2,1-4H3. The molecular formula is C17H30N2O. The Kier molecular flexibility index (Phi) is 7.03. The van der Waals surface area contributed by atoms with Gasteiger partial charge in [0.05, 0.1) is 12.1 Å². The second-order valence-electron chi connectivity index (χ2n) is 5.74. The van der Waals surface area contributed by atoms with Crippen LogP contribution in [-0.4, -0.2) is 32.3 Å². The van der Waals surface area contributed by atoms with Gasteiger partial charge in [0.2, 0.25) is 0 Å². The van der Waals surface area contributed by atoms with E-state index in [0.717, 1.165) is 13.0 Å². The fourth-order valence-corrected chi connectivity index (χ4v) is 2.74. The van der Waals surface area contributed by atoms with Crippen LogP contribution in [-0.2, 0) is 4.74 Å². The molecule has 1 unspecified atom stereocenters. The summed E-state index contributed by atoms with van der Waals surface area (Å²) in [6.07, 6.45) is 2.34. The normalized spacial score (nSPS) is 14.3. The molecule has 0 fully saturated rings. The molecule has 1 atom stereocenters. The Balaban J connectivity index is 3.17. The van der Waals surface area contributed by atoms with Crippen molar-refractivity contribution in [2.75, 3.05) is 31.7 Å². The molecule has 2 N–H and O–H groups in total. The summed E-state index contributed by atoms with van der Waals surface area (Å²) in [7, 11) is 1.76. The summed E-state index contributed by atoms with van der Waals surface area (Å²) in [5.74, 6) is 0.421. The first kappa shape index (κ1) is 17.0. The zero-order valence-corrected chi connectivity index (χ0v) is 13.4. The van der Waals surface area contributed by atoms with Gasteiger partial charge in [0.15, 0.2) is 0 Å². The van der Waals surface area contributed by atoms with Crippen molar-refractivity contribution in [3.05, 3.63) is 30.3 Å². The van der Waals surface area contributed by atoms with Crippen molar-refractivity contribution in [3.8, 4) is 0 Å². The second kappa shape index (κ2) is 8.28. The molecule has 1 rings (SSSR count). The van der Waals surface area contributed by atoms with Crippen LogP contribution in [0.15, 0.2) is 30.3 Å². The van der Waals surface area contributed by atoms with Crippen molar-refractivity contribution in [2.45, 2.75) is 39.2 Å². The number of benzene rings is 1. The molecule has 1 aromatic carbocycles. The Morgan fingerprint density at radius 2 is 1.90 bits per heavy atom. The van der Waals surface area contributed by atoms with Crippen LogP contribution < -0.4 is 10.6 Å². The quantitative estimate of drug-likeness (QED) is 0.753. The Bertz CT molecular complexity index is 367. The van der Waals surface area contributed by atoms with Gasteiger partial charge in [0.25, 0.3) is 0 Å². The van der Waals surface area contributed by atoms with E-state index in [0.29, 0.717) is 19.1 Å². The van der Waals surface area contributed by atoms with Crippen molar-refractivity contribution < 1.29 is 4.74 Å². The highest BCUT2D eigenvalue weighted by atomic mass is 16.5. The average molecular weight is 278 g/mol. The Hall–Kier alpha value is -1.06. The maximum absolute atomic E-state index is 6.18. The third-order valence-electron chi connectivity index (χ3n) is 4.16. The molecule has 0 aromatic heterocycles. The molecule has 0 radical (unpaired) electrons. The van der Waals surface area contributed by atoms with Gasteiger partial charge in [-0.3, -0.25) is 0 Å². The molecular weight excluding hydrogens is 248 g/mol. The topological polar surface area (TPSA) is 38.5 Å². The predicted molar refractivity (Wildman–Crippen MR) is 87.2 cm³/mol. The van der Waals surface area contributed by atoms with E-state index in [1.165, 1.54) is 12.1 Å². The molecule has 0 aliphatic heterocycles. The number of hydrogen-bond donors (Lipinski definition) is 1. The highest BCUT2D eigenvalue weighted by molar-refractivity contribution is 5.49. The molecule has 0 aliphatic rings. The summed E-state index contributed by atoms with van der Waals surface area (Å²) < 4.78 is 5.52. The number of anilines is 1. The molecule has 3 heteroatoms. The van der Waals surface area contributed by atoms with Gasteiger partial charge in [-0.15, -0.1) is 0 Å². The van der Waals surface area contributed by atoms with Crippen LogP contribution in [0.3, 0.4) is 0 Å². The molecule has 0 amide bonds. The van der Waals surface area contributed by atoms with Crippen molar-refractivity contribution in [1.29, 1.82) is 0 Å². The Labute approximate surface area is 124 Å². The van der Waals surface area contributed by atoms with Gasteiger partial charge in [0.1, 0.15) is 0 Å². The lowest BCUT2D eigenvalue weighted by molar-refractivity contribution is 0.102. The van der Waals surface area contributed by atoms with Crippen LogP contribution in [0.2, 0.25) is 0 Å². The molecule has 3 nitrogen and oxygen atoms in total. The van der Waals surface area contributed by atoms with Crippen LogP contribution in [0.25, 0.3) is 0 Å². The van der Waals surface area contributed by atoms with Gasteiger partial charge in [-0.2, -0.15) is 0 Å². The van der Waals surface area contributed by atoms with E-state index in [1.54, 1.807) is 7.11 Å². The van der Waals surface area contributed by atoms with Gasteiger partial charge >= 0.3 is 0 Å². The van der Waals surface area contributed by atoms with Crippen LogP contribution >= 0.6 is 0 Å². The smallest absolute Gasteiger partial charge is 0.0779 e. The lowest BCUT2D eigenvalue weighted by atomic mass is 9.84. The van der Waals surface area contributed by atoms with Gasteiger partial charge in [0, 0.05) is 25.9 Å². The van der Waals surface area contributed by atoms with E-state index in [1.807, 2.05) is 0 Å². The van der Waals surface area contributed by atoms with E-state index in [2.05, 4.69) is 56.0 Å². The number of para-hydroxylation sites is 1. The SMILES string of the molecule is CCCCN(c1ccccc1)C(CN)(COC)C(C)C. The lowest BCUT2D eigenvalue weighted by Crippen LogP contribution is -2.61. The molecule has 0 aliphatic carbocycles. The number of ether oxygens (including phenoxy) is 1. The van der Waals surface area contributed by atoms with E-state index >= 15 is 0 Å². The van der Waals surface area contributed by atoms with Crippen molar-refractivity contribution in [2.24, 2.45) is 11.7 Å². The Morgan fingerprint density at radius 1 is 1.25 bits per heavy atom. The first-order valence-electron chi connectivity index (χ1n) is 7.64. The molecule has 114 valence electrons. The third-order valence-corrected chi connectivity index (χ3v) is 4.16. The first-order valence-corrected chi connectivity index (χ1v) is 7.64. The highest BCUT2D eigenvalue weighted by Crippen LogP contribution is 2.30. The first-order chi connectivity index (χ1) is 9.62. The molecule has 0 heterocycles. The maximum Gasteiger partial charge on any atom is 0.0779 e. The van der Waals surface area contributed by atoms with E-state index < -0.39 is 0 Å². The predicted octanol–water partition coefficient (Wildman–Crippen LogP) is 3.29. The minimum atomic E-state index is -0.148. The summed E-state index contributed by atoms with van der Waals surface area (Å²) >= 11 is 0. The van der Waals surface area contributed by atoms with Crippen LogP contribution in [0.4, 0.5) is 5.69 Å². The minimum Gasteiger partial charge on any atom is -0.382 e. The fourth-order valence-electron chi connectivity index (χ4n) is 2.74. The monoisotopic (exact) mass is 278 g/mol. The lowest BCUT2D eigenvalue weighted by Gasteiger charge is -2.47. The average Bonchev–Trinajstić information content (AvgIpc) is 2.47.